The molecule has 2 atom stereocenters. The third-order valence-electron chi connectivity index (χ3n) is 2.55. The minimum absolute atomic E-state index is 0.0291. The Hall–Kier alpha value is -2.03. The predicted molar refractivity (Wildman–Crippen MR) is 62.0 cm³/mol. The molecule has 0 radical (unpaired) electrons. The molecule has 0 aliphatic heterocycles. The fraction of sp³-hybridized carbons (Fsp3) is 0.364. The highest BCUT2D eigenvalue weighted by atomic mass is 16.6. The van der Waals surface area contributed by atoms with Crippen LogP contribution < -0.4 is 0 Å². The lowest BCUT2D eigenvalue weighted by Gasteiger charge is -2.16. The smallest absolute Gasteiger partial charge is 0.337 e. The van der Waals surface area contributed by atoms with Gasteiger partial charge in [-0.25, -0.2) is 4.79 Å². The minimum Gasteiger partial charge on any atom is -0.467 e. The average Bonchev–Trinajstić information content (AvgIpc) is 2.43. The summed E-state index contributed by atoms with van der Waals surface area (Å²) in [5.41, 5.74) is -0.280. The van der Waals surface area contributed by atoms with Crippen molar-refractivity contribution in [3.63, 3.8) is 0 Å². The van der Waals surface area contributed by atoms with E-state index in [4.69, 9.17) is 5.11 Å². The third kappa shape index (κ3) is 3.25. The Morgan fingerprint density at radius 1 is 1.47 bits per heavy atom. The van der Waals surface area contributed by atoms with Crippen molar-refractivity contribution in [2.24, 2.45) is 0 Å². The highest BCUT2D eigenvalue weighted by Gasteiger charge is 2.27. The van der Waals surface area contributed by atoms with Crippen LogP contribution in [0.15, 0.2) is 18.2 Å². The molecule has 0 bridgehead atoms. The lowest BCUT2D eigenvalue weighted by molar-refractivity contribution is -0.385. The number of nitrogens with zero attached hydrogens (tertiary/aromatic N) is 1. The molecular weight excluding hydrogens is 258 g/mol. The van der Waals surface area contributed by atoms with E-state index in [1.165, 1.54) is 6.07 Å². The molecule has 1 aromatic carbocycles. The summed E-state index contributed by atoms with van der Waals surface area (Å²) in [7, 11) is 1.05. The molecule has 0 aromatic heterocycles. The van der Waals surface area contributed by atoms with Crippen LogP contribution >= 0.6 is 0 Å². The van der Waals surface area contributed by atoms with Crippen molar-refractivity contribution < 1.29 is 29.8 Å². The molecule has 1 rings (SSSR count). The molecule has 0 amide bonds. The molecule has 19 heavy (non-hydrogen) atoms. The Morgan fingerprint density at radius 3 is 2.58 bits per heavy atom. The number of ether oxygens (including phenoxy) is 1. The molecule has 0 aliphatic carbocycles. The van der Waals surface area contributed by atoms with Crippen molar-refractivity contribution in [1.29, 1.82) is 0 Å². The quantitative estimate of drug-likeness (QED) is 0.379. The average molecular weight is 271 g/mol. The van der Waals surface area contributed by atoms with Gasteiger partial charge in [0.05, 0.1) is 24.2 Å². The molecule has 0 aliphatic rings. The molecular formula is C11H13NO7. The Bertz CT molecular complexity index is 488. The monoisotopic (exact) mass is 271 g/mol. The van der Waals surface area contributed by atoms with Gasteiger partial charge in [0.1, 0.15) is 6.10 Å². The lowest BCUT2D eigenvalue weighted by atomic mass is 10.0. The van der Waals surface area contributed by atoms with E-state index in [1.807, 2.05) is 0 Å². The van der Waals surface area contributed by atoms with Gasteiger partial charge in [-0.1, -0.05) is 0 Å². The van der Waals surface area contributed by atoms with Crippen LogP contribution in [0.5, 0.6) is 0 Å². The van der Waals surface area contributed by atoms with Crippen LogP contribution in [0, 0.1) is 10.1 Å². The van der Waals surface area contributed by atoms with E-state index in [0.29, 0.717) is 0 Å². The first-order chi connectivity index (χ1) is 8.92. The summed E-state index contributed by atoms with van der Waals surface area (Å²) < 4.78 is 4.27. The van der Waals surface area contributed by atoms with E-state index in [9.17, 15) is 25.1 Å². The van der Waals surface area contributed by atoms with Crippen molar-refractivity contribution >= 4 is 11.7 Å². The number of carbonyl (C=O) groups is 1. The number of hydrogen-bond donors (Lipinski definition) is 3. The number of hydrogen-bond acceptors (Lipinski definition) is 7. The highest BCUT2D eigenvalue weighted by molar-refractivity contribution is 5.75. The maximum atomic E-state index is 11.1. The molecule has 0 fully saturated rings. The number of nitro groups is 1. The van der Waals surface area contributed by atoms with Crippen LogP contribution in [0.4, 0.5) is 5.69 Å². The summed E-state index contributed by atoms with van der Waals surface area (Å²) in [5, 5.41) is 38.9. The second-order valence-corrected chi connectivity index (χ2v) is 3.72. The molecule has 8 heteroatoms. The van der Waals surface area contributed by atoms with Crippen LogP contribution in [0.2, 0.25) is 0 Å². The van der Waals surface area contributed by atoms with Gasteiger partial charge in [-0.15, -0.1) is 0 Å². The second-order valence-electron chi connectivity index (χ2n) is 3.72. The van der Waals surface area contributed by atoms with E-state index >= 15 is 0 Å². The topological polar surface area (TPSA) is 130 Å². The first kappa shape index (κ1) is 15.0. The van der Waals surface area contributed by atoms with E-state index in [2.05, 4.69) is 4.74 Å². The van der Waals surface area contributed by atoms with Crippen LogP contribution in [0.3, 0.4) is 0 Å². The van der Waals surface area contributed by atoms with Gasteiger partial charge in [-0.3, -0.25) is 10.1 Å². The molecule has 1 aromatic rings. The molecule has 2 unspecified atom stereocenters. The lowest BCUT2D eigenvalue weighted by Crippen LogP contribution is -2.29. The van der Waals surface area contributed by atoms with Gasteiger partial charge >= 0.3 is 5.97 Å². The largest absolute Gasteiger partial charge is 0.467 e. The van der Waals surface area contributed by atoms with Gasteiger partial charge in [0.15, 0.2) is 6.10 Å². The zero-order valence-electron chi connectivity index (χ0n) is 10.0. The summed E-state index contributed by atoms with van der Waals surface area (Å²) in [6.07, 6.45) is -3.41. The first-order valence-electron chi connectivity index (χ1n) is 5.24. The molecule has 3 N–H and O–H groups in total. The van der Waals surface area contributed by atoms with E-state index in [1.54, 1.807) is 0 Å². The van der Waals surface area contributed by atoms with E-state index in [0.717, 1.165) is 19.2 Å². The van der Waals surface area contributed by atoms with Gasteiger partial charge in [-0.2, -0.15) is 0 Å². The minimum atomic E-state index is -1.81. The third-order valence-corrected chi connectivity index (χ3v) is 2.55. The van der Waals surface area contributed by atoms with E-state index in [-0.39, 0.29) is 16.8 Å². The number of nitro benzene ring substituents is 1. The Labute approximate surface area is 108 Å². The number of esters is 1. The predicted octanol–water partition coefficient (Wildman–Crippen LogP) is -0.346. The fourth-order valence-electron chi connectivity index (χ4n) is 1.53. The Morgan fingerprint density at radius 2 is 2.11 bits per heavy atom. The highest BCUT2D eigenvalue weighted by Crippen LogP contribution is 2.25. The van der Waals surface area contributed by atoms with Crippen molar-refractivity contribution in [1.82, 2.24) is 0 Å². The van der Waals surface area contributed by atoms with Crippen LogP contribution in [-0.4, -0.2) is 39.4 Å². The number of aliphatic hydroxyl groups is 3. The summed E-state index contributed by atoms with van der Waals surface area (Å²) in [6.45, 7) is -0.606. The van der Waals surface area contributed by atoms with Gasteiger partial charge in [0.25, 0.3) is 5.69 Å². The maximum Gasteiger partial charge on any atom is 0.337 e. The zero-order chi connectivity index (χ0) is 14.6. The molecule has 0 spiro atoms. The van der Waals surface area contributed by atoms with E-state index < -0.39 is 29.7 Å². The van der Waals surface area contributed by atoms with Crippen LogP contribution in [0.25, 0.3) is 0 Å². The van der Waals surface area contributed by atoms with Crippen molar-refractivity contribution in [2.45, 2.75) is 18.8 Å². The zero-order valence-corrected chi connectivity index (χ0v) is 10.0. The maximum absolute atomic E-state index is 11.1. The Kier molecular flexibility index (Phi) is 4.93. The molecule has 0 saturated carbocycles. The molecule has 0 saturated heterocycles. The molecule has 0 heterocycles. The molecule has 8 nitrogen and oxygen atoms in total. The number of rotatable bonds is 5. The summed E-state index contributed by atoms with van der Waals surface area (Å²) in [4.78, 5) is 21.0. The Balaban J connectivity index is 3.08. The van der Waals surface area contributed by atoms with Crippen LogP contribution in [0.1, 0.15) is 17.2 Å². The summed E-state index contributed by atoms with van der Waals surface area (Å²) in [5.74, 6) is -1.03. The van der Waals surface area contributed by atoms with Gasteiger partial charge in [0.2, 0.25) is 0 Å². The van der Waals surface area contributed by atoms with Gasteiger partial charge in [0, 0.05) is 6.07 Å². The SMILES string of the molecule is COC(=O)C(O)C(O)c1ccc([N+](=O)[O-])c(CO)c1. The van der Waals surface area contributed by atoms with Gasteiger partial charge < -0.3 is 20.1 Å². The number of benzene rings is 1. The number of carbonyl (C=O) groups excluding carboxylic acids is 1. The summed E-state index contributed by atoms with van der Waals surface area (Å²) >= 11 is 0. The van der Waals surface area contributed by atoms with Crippen molar-refractivity contribution in [3.05, 3.63) is 39.4 Å². The second kappa shape index (κ2) is 6.23. The number of aliphatic hydroxyl groups excluding tert-OH is 3. The first-order valence-corrected chi connectivity index (χ1v) is 5.24. The summed E-state index contributed by atoms with van der Waals surface area (Å²) in [6, 6.07) is 3.41. The normalized spacial score (nSPS) is 13.7. The number of methoxy groups -OCH3 is 1. The molecule has 104 valence electrons. The fourth-order valence-corrected chi connectivity index (χ4v) is 1.53. The van der Waals surface area contributed by atoms with Gasteiger partial charge in [-0.05, 0) is 17.7 Å². The van der Waals surface area contributed by atoms with Crippen molar-refractivity contribution in [2.75, 3.05) is 7.11 Å². The van der Waals surface area contributed by atoms with Crippen LogP contribution in [-0.2, 0) is 16.1 Å². The standard InChI is InChI=1S/C11H13NO7/c1-19-11(16)10(15)9(14)6-2-3-8(12(17)18)7(4-6)5-13/h2-4,9-10,13-15H,5H2,1H3. The van der Waals surface area contributed by atoms with Crippen molar-refractivity contribution in [3.8, 4) is 0 Å².